The molecule has 0 spiro atoms. The highest BCUT2D eigenvalue weighted by Gasteiger charge is 2.26. The average Bonchev–Trinajstić information content (AvgIpc) is 2.38. The second-order valence-electron chi connectivity index (χ2n) is 5.36. The van der Waals surface area contributed by atoms with Gasteiger partial charge in [-0.3, -0.25) is 0 Å². The van der Waals surface area contributed by atoms with Crippen molar-refractivity contribution in [3.63, 3.8) is 0 Å². The first-order valence-electron chi connectivity index (χ1n) is 6.60. The minimum Gasteiger partial charge on any atom is -0.389 e. The molecule has 0 radical (unpaired) electrons. The van der Waals surface area contributed by atoms with Crippen LogP contribution in [0.4, 0.5) is 14.5 Å². The van der Waals surface area contributed by atoms with E-state index in [2.05, 4.69) is 4.90 Å². The van der Waals surface area contributed by atoms with Crippen molar-refractivity contribution in [2.24, 2.45) is 5.73 Å². The van der Waals surface area contributed by atoms with Gasteiger partial charge in [-0.2, -0.15) is 0 Å². The molecule has 20 heavy (non-hydrogen) atoms. The molecule has 110 valence electrons. The Labute approximate surface area is 123 Å². The van der Waals surface area contributed by atoms with E-state index in [1.165, 1.54) is 12.1 Å². The monoisotopic (exact) mass is 299 g/mol. The maximum atomic E-state index is 14.2. The van der Waals surface area contributed by atoms with Crippen LogP contribution in [0.25, 0.3) is 0 Å². The highest BCUT2D eigenvalue weighted by Crippen LogP contribution is 2.28. The number of piperidine rings is 1. The number of hydrogen-bond acceptors (Lipinski definition) is 3. The quantitative estimate of drug-likeness (QED) is 0.867. The Bertz CT molecular complexity index is 496. The van der Waals surface area contributed by atoms with E-state index in [1.807, 2.05) is 14.1 Å². The predicted octanol–water partition coefficient (Wildman–Crippen LogP) is 2.13. The van der Waals surface area contributed by atoms with Gasteiger partial charge < -0.3 is 15.5 Å². The maximum Gasteiger partial charge on any atom is 0.150 e. The Kier molecular flexibility index (Phi) is 4.55. The summed E-state index contributed by atoms with van der Waals surface area (Å²) in [5.41, 5.74) is 5.67. The van der Waals surface area contributed by atoms with Crippen molar-refractivity contribution in [1.29, 1.82) is 0 Å². The summed E-state index contributed by atoms with van der Waals surface area (Å²) < 4.78 is 28.3. The molecule has 0 saturated carbocycles. The molecule has 0 aromatic heterocycles. The summed E-state index contributed by atoms with van der Waals surface area (Å²) in [5.74, 6) is -1.21. The van der Waals surface area contributed by atoms with Crippen LogP contribution in [0.3, 0.4) is 0 Å². The summed E-state index contributed by atoms with van der Waals surface area (Å²) in [5, 5.41) is 0. The lowest BCUT2D eigenvalue weighted by atomic mass is 10.0. The lowest BCUT2D eigenvalue weighted by molar-refractivity contribution is 0.256. The molecule has 1 aliphatic heterocycles. The van der Waals surface area contributed by atoms with Gasteiger partial charge in [0, 0.05) is 24.7 Å². The fraction of sp³-hybridized carbons (Fsp3) is 0.500. The van der Waals surface area contributed by atoms with Crippen LogP contribution in [-0.4, -0.2) is 43.1 Å². The Morgan fingerprint density at radius 3 is 2.45 bits per heavy atom. The number of thiocarbonyl (C=S) groups is 1. The standard InChI is InChI=1S/C14H19F2N3S/c1-18(2)10-4-3-5-19(8-10)13-11(15)6-9(14(17)20)7-12(13)16/h6-7,10H,3-5,8H2,1-2H3,(H2,17,20). The first-order chi connectivity index (χ1) is 9.40. The molecule has 0 amide bonds. The van der Waals surface area contributed by atoms with E-state index in [0.29, 0.717) is 19.1 Å². The second-order valence-corrected chi connectivity index (χ2v) is 5.80. The van der Waals surface area contributed by atoms with Crippen molar-refractivity contribution in [3.05, 3.63) is 29.3 Å². The number of benzene rings is 1. The van der Waals surface area contributed by atoms with Crippen LogP contribution >= 0.6 is 12.2 Å². The summed E-state index contributed by atoms with van der Waals surface area (Å²) in [4.78, 5) is 3.85. The molecule has 6 heteroatoms. The highest BCUT2D eigenvalue weighted by molar-refractivity contribution is 7.80. The first-order valence-corrected chi connectivity index (χ1v) is 7.01. The lowest BCUT2D eigenvalue weighted by Crippen LogP contribution is -2.45. The van der Waals surface area contributed by atoms with E-state index in [1.54, 1.807) is 4.90 Å². The van der Waals surface area contributed by atoms with E-state index in [0.717, 1.165) is 12.8 Å². The third-order valence-electron chi connectivity index (χ3n) is 3.74. The van der Waals surface area contributed by atoms with Gasteiger partial charge in [0.05, 0.1) is 0 Å². The third kappa shape index (κ3) is 3.07. The minimum absolute atomic E-state index is 0.000776. The lowest BCUT2D eigenvalue weighted by Gasteiger charge is -2.37. The Morgan fingerprint density at radius 2 is 1.95 bits per heavy atom. The van der Waals surface area contributed by atoms with Gasteiger partial charge in [0.15, 0.2) is 0 Å². The number of rotatable bonds is 3. The van der Waals surface area contributed by atoms with Crippen molar-refractivity contribution >= 4 is 22.9 Å². The normalized spacial score (nSPS) is 19.4. The van der Waals surface area contributed by atoms with Crippen LogP contribution in [0, 0.1) is 11.6 Å². The van der Waals surface area contributed by atoms with Crippen LogP contribution in [0.5, 0.6) is 0 Å². The van der Waals surface area contributed by atoms with Gasteiger partial charge in [0.2, 0.25) is 0 Å². The van der Waals surface area contributed by atoms with Gasteiger partial charge in [0.25, 0.3) is 0 Å². The van der Waals surface area contributed by atoms with Crippen molar-refractivity contribution in [2.45, 2.75) is 18.9 Å². The largest absolute Gasteiger partial charge is 0.389 e. The number of nitrogens with two attached hydrogens (primary N) is 1. The summed E-state index contributed by atoms with van der Waals surface area (Å²) in [6.07, 6.45) is 1.95. The fourth-order valence-corrected chi connectivity index (χ4v) is 2.71. The number of nitrogens with zero attached hydrogens (tertiary/aromatic N) is 2. The molecule has 1 heterocycles. The molecule has 2 N–H and O–H groups in total. The molecule has 1 saturated heterocycles. The molecular weight excluding hydrogens is 280 g/mol. The van der Waals surface area contributed by atoms with E-state index < -0.39 is 11.6 Å². The molecule has 3 nitrogen and oxygen atoms in total. The van der Waals surface area contributed by atoms with Crippen molar-refractivity contribution in [3.8, 4) is 0 Å². The van der Waals surface area contributed by atoms with Crippen LogP contribution in [0.15, 0.2) is 12.1 Å². The maximum absolute atomic E-state index is 14.2. The number of halogens is 2. The number of hydrogen-bond donors (Lipinski definition) is 1. The molecule has 0 bridgehead atoms. The van der Waals surface area contributed by atoms with Gasteiger partial charge in [-0.1, -0.05) is 12.2 Å². The van der Waals surface area contributed by atoms with Gasteiger partial charge >= 0.3 is 0 Å². The van der Waals surface area contributed by atoms with Crippen LogP contribution in [-0.2, 0) is 0 Å². The Balaban J connectivity index is 2.30. The second kappa shape index (κ2) is 6.01. The van der Waals surface area contributed by atoms with Crippen LogP contribution in [0.2, 0.25) is 0 Å². The molecule has 1 unspecified atom stereocenters. The first kappa shape index (κ1) is 15.1. The fourth-order valence-electron chi connectivity index (χ4n) is 2.59. The van der Waals surface area contributed by atoms with E-state index >= 15 is 0 Å². The summed E-state index contributed by atoms with van der Waals surface area (Å²) in [6, 6.07) is 2.72. The molecule has 1 atom stereocenters. The molecule has 0 aliphatic carbocycles. The van der Waals surface area contributed by atoms with Crippen molar-refractivity contribution in [2.75, 3.05) is 32.1 Å². The van der Waals surface area contributed by atoms with Gasteiger partial charge in [-0.15, -0.1) is 0 Å². The van der Waals surface area contributed by atoms with Gasteiger partial charge in [-0.05, 0) is 39.1 Å². The van der Waals surface area contributed by atoms with Crippen molar-refractivity contribution in [1.82, 2.24) is 4.90 Å². The van der Waals surface area contributed by atoms with Crippen LogP contribution < -0.4 is 10.6 Å². The average molecular weight is 299 g/mol. The summed E-state index contributed by atoms with van der Waals surface area (Å²) >= 11 is 4.76. The Morgan fingerprint density at radius 1 is 1.35 bits per heavy atom. The van der Waals surface area contributed by atoms with Gasteiger partial charge in [-0.25, -0.2) is 8.78 Å². The highest BCUT2D eigenvalue weighted by atomic mass is 32.1. The molecule has 1 aromatic carbocycles. The zero-order valence-corrected chi connectivity index (χ0v) is 12.5. The van der Waals surface area contributed by atoms with Gasteiger partial charge in [0.1, 0.15) is 22.3 Å². The van der Waals surface area contributed by atoms with Crippen molar-refractivity contribution < 1.29 is 8.78 Å². The Hall–Kier alpha value is -1.27. The molecule has 2 rings (SSSR count). The summed E-state index contributed by atoms with van der Waals surface area (Å²) in [7, 11) is 3.97. The SMILES string of the molecule is CN(C)C1CCCN(c2c(F)cc(C(N)=S)cc2F)C1. The van der Waals surface area contributed by atoms with E-state index in [-0.39, 0.29) is 16.2 Å². The zero-order valence-electron chi connectivity index (χ0n) is 11.7. The number of anilines is 1. The number of likely N-dealkylation sites (N-methyl/N-ethyl adjacent to an activating group) is 1. The summed E-state index contributed by atoms with van der Waals surface area (Å²) in [6.45, 7) is 1.28. The van der Waals surface area contributed by atoms with E-state index in [9.17, 15) is 8.78 Å². The van der Waals surface area contributed by atoms with Crippen LogP contribution in [0.1, 0.15) is 18.4 Å². The third-order valence-corrected chi connectivity index (χ3v) is 3.98. The topological polar surface area (TPSA) is 32.5 Å². The predicted molar refractivity (Wildman–Crippen MR) is 81.2 cm³/mol. The molecular formula is C14H19F2N3S. The van der Waals surface area contributed by atoms with E-state index in [4.69, 9.17) is 18.0 Å². The zero-order chi connectivity index (χ0) is 14.9. The molecule has 1 aliphatic rings. The molecule has 1 aromatic rings. The molecule has 1 fully saturated rings. The minimum atomic E-state index is -0.604. The smallest absolute Gasteiger partial charge is 0.150 e.